The third-order valence-corrected chi connectivity index (χ3v) is 3.33. The first-order chi connectivity index (χ1) is 5.13. The van der Waals surface area contributed by atoms with Crippen molar-refractivity contribution in [3.63, 3.8) is 0 Å². The number of halogens is 2. The fourth-order valence-corrected chi connectivity index (χ4v) is 1.73. The average Bonchev–Trinajstić information content (AvgIpc) is 1.94. The predicted octanol–water partition coefficient (Wildman–Crippen LogP) is 2.63. The maximum absolute atomic E-state index is 5.70. The minimum absolute atomic E-state index is 0.0312. The zero-order valence-corrected chi connectivity index (χ0v) is 9.18. The summed E-state index contributed by atoms with van der Waals surface area (Å²) in [5.41, 5.74) is 6.77. The smallest absolute Gasteiger partial charge is 0.120 e. The Morgan fingerprint density at radius 1 is 1.55 bits per heavy atom. The molecule has 0 bridgehead atoms. The monoisotopic (exact) mass is 278 g/mol. The van der Waals surface area contributed by atoms with Crippen LogP contribution in [0.1, 0.15) is 18.5 Å². The van der Waals surface area contributed by atoms with Crippen molar-refractivity contribution in [1.82, 2.24) is 4.98 Å². The molecule has 2 N–H and O–H groups in total. The number of nitrogens with two attached hydrogens (primary N) is 1. The molecule has 0 amide bonds. The van der Waals surface area contributed by atoms with Crippen molar-refractivity contribution < 1.29 is 0 Å². The van der Waals surface area contributed by atoms with E-state index in [4.69, 9.17) is 5.73 Å². The van der Waals surface area contributed by atoms with Crippen molar-refractivity contribution in [3.8, 4) is 0 Å². The van der Waals surface area contributed by atoms with E-state index in [0.717, 1.165) is 14.6 Å². The van der Waals surface area contributed by atoms with Crippen molar-refractivity contribution in [2.75, 3.05) is 0 Å². The van der Waals surface area contributed by atoms with Crippen molar-refractivity contribution in [2.24, 2.45) is 5.73 Å². The lowest BCUT2D eigenvalue weighted by Gasteiger charge is -2.07. The van der Waals surface area contributed by atoms with Gasteiger partial charge in [-0.15, -0.1) is 0 Å². The Labute approximate surface area is 82.5 Å². The molecule has 1 aromatic heterocycles. The third-order valence-electron chi connectivity index (χ3n) is 1.37. The Kier molecular flexibility index (Phi) is 3.04. The number of hydrogen-bond acceptors (Lipinski definition) is 2. The topological polar surface area (TPSA) is 38.9 Å². The Morgan fingerprint density at radius 2 is 2.18 bits per heavy atom. The van der Waals surface area contributed by atoms with Gasteiger partial charge in [0.2, 0.25) is 0 Å². The van der Waals surface area contributed by atoms with Crippen molar-refractivity contribution in [2.45, 2.75) is 13.0 Å². The zero-order chi connectivity index (χ0) is 8.43. The quantitative estimate of drug-likeness (QED) is 0.803. The maximum atomic E-state index is 5.70. The molecule has 0 fully saturated rings. The third kappa shape index (κ3) is 2.01. The van der Waals surface area contributed by atoms with Crippen LogP contribution in [0.3, 0.4) is 0 Å². The van der Waals surface area contributed by atoms with Crippen LogP contribution in [0.5, 0.6) is 0 Å². The summed E-state index contributed by atoms with van der Waals surface area (Å²) in [4.78, 5) is 4.04. The first kappa shape index (κ1) is 9.16. The lowest BCUT2D eigenvalue weighted by molar-refractivity contribution is 0.808. The molecule has 60 valence electrons. The molecule has 0 aliphatic rings. The first-order valence-corrected chi connectivity index (χ1v) is 4.77. The SMILES string of the molecule is CC(N)c1ccnc(Br)c1Br. The normalized spacial score (nSPS) is 13.1. The molecule has 0 saturated heterocycles. The molecular formula is C7H8Br2N2. The summed E-state index contributed by atoms with van der Waals surface area (Å²) in [5.74, 6) is 0. The molecule has 1 heterocycles. The molecule has 4 heteroatoms. The molecule has 1 aromatic rings. The van der Waals surface area contributed by atoms with E-state index in [1.807, 2.05) is 13.0 Å². The summed E-state index contributed by atoms with van der Waals surface area (Å²) < 4.78 is 1.74. The van der Waals surface area contributed by atoms with Gasteiger partial charge in [0.1, 0.15) is 4.60 Å². The molecule has 0 aromatic carbocycles. The minimum Gasteiger partial charge on any atom is -0.324 e. The van der Waals surface area contributed by atoms with Crippen LogP contribution in [0.15, 0.2) is 21.3 Å². The maximum Gasteiger partial charge on any atom is 0.120 e. The molecule has 0 radical (unpaired) electrons. The van der Waals surface area contributed by atoms with Gasteiger partial charge < -0.3 is 5.73 Å². The molecule has 0 aliphatic heterocycles. The largest absolute Gasteiger partial charge is 0.324 e. The molecular weight excluding hydrogens is 272 g/mol. The van der Waals surface area contributed by atoms with Gasteiger partial charge in [0.15, 0.2) is 0 Å². The van der Waals surface area contributed by atoms with Crippen LogP contribution >= 0.6 is 31.9 Å². The summed E-state index contributed by atoms with van der Waals surface area (Å²) in [6.45, 7) is 1.94. The summed E-state index contributed by atoms with van der Waals surface area (Å²) in [6, 6.07) is 1.93. The zero-order valence-electron chi connectivity index (χ0n) is 6.01. The number of rotatable bonds is 1. The van der Waals surface area contributed by atoms with E-state index in [1.54, 1.807) is 6.20 Å². The molecule has 1 atom stereocenters. The molecule has 0 spiro atoms. The molecule has 2 nitrogen and oxygen atoms in total. The molecule has 11 heavy (non-hydrogen) atoms. The first-order valence-electron chi connectivity index (χ1n) is 3.18. The molecule has 1 unspecified atom stereocenters. The van der Waals surface area contributed by atoms with Gasteiger partial charge in [0, 0.05) is 12.2 Å². The predicted molar refractivity (Wildman–Crippen MR) is 52.2 cm³/mol. The second-order valence-corrected chi connectivity index (χ2v) is 3.84. The van der Waals surface area contributed by atoms with Gasteiger partial charge in [-0.3, -0.25) is 0 Å². The van der Waals surface area contributed by atoms with Crippen molar-refractivity contribution in [1.29, 1.82) is 0 Å². The van der Waals surface area contributed by atoms with Gasteiger partial charge >= 0.3 is 0 Å². The van der Waals surface area contributed by atoms with Crippen LogP contribution in [0.2, 0.25) is 0 Å². The van der Waals surface area contributed by atoms with Crippen LogP contribution in [0.25, 0.3) is 0 Å². The van der Waals surface area contributed by atoms with Gasteiger partial charge in [0.25, 0.3) is 0 Å². The Balaban J connectivity index is 3.17. The van der Waals surface area contributed by atoms with Crippen LogP contribution in [0, 0.1) is 0 Å². The van der Waals surface area contributed by atoms with Crippen LogP contribution in [-0.2, 0) is 0 Å². The summed E-state index contributed by atoms with van der Waals surface area (Å²) >= 11 is 6.69. The second-order valence-electron chi connectivity index (χ2n) is 2.29. The van der Waals surface area contributed by atoms with E-state index in [-0.39, 0.29) is 6.04 Å². The van der Waals surface area contributed by atoms with Crippen LogP contribution in [0.4, 0.5) is 0 Å². The van der Waals surface area contributed by atoms with E-state index in [0.29, 0.717) is 0 Å². The van der Waals surface area contributed by atoms with Crippen LogP contribution in [-0.4, -0.2) is 4.98 Å². The summed E-state index contributed by atoms with van der Waals surface area (Å²) in [7, 11) is 0. The van der Waals surface area contributed by atoms with E-state index in [9.17, 15) is 0 Å². The fourth-order valence-electron chi connectivity index (χ4n) is 0.784. The van der Waals surface area contributed by atoms with Crippen LogP contribution < -0.4 is 5.73 Å². The second kappa shape index (κ2) is 3.65. The Morgan fingerprint density at radius 3 is 2.64 bits per heavy atom. The van der Waals surface area contributed by atoms with Crippen molar-refractivity contribution in [3.05, 3.63) is 26.9 Å². The standard InChI is InChI=1S/C7H8Br2N2/c1-4(10)5-2-3-11-7(9)6(5)8/h2-4H,10H2,1H3. The highest BCUT2D eigenvalue weighted by atomic mass is 79.9. The summed E-state index contributed by atoms with van der Waals surface area (Å²) in [5, 5.41) is 0. The average molecular weight is 280 g/mol. The molecule has 1 rings (SSSR count). The number of hydrogen-bond donors (Lipinski definition) is 1. The highest BCUT2D eigenvalue weighted by Crippen LogP contribution is 2.27. The highest BCUT2D eigenvalue weighted by molar-refractivity contribution is 9.13. The number of aromatic nitrogens is 1. The number of pyridine rings is 1. The van der Waals surface area contributed by atoms with Gasteiger partial charge in [-0.05, 0) is 50.4 Å². The van der Waals surface area contributed by atoms with Gasteiger partial charge in [-0.1, -0.05) is 0 Å². The summed E-state index contributed by atoms with van der Waals surface area (Å²) in [6.07, 6.45) is 1.73. The van der Waals surface area contributed by atoms with Gasteiger partial charge in [0.05, 0.1) is 4.47 Å². The lowest BCUT2D eigenvalue weighted by Crippen LogP contribution is -2.06. The molecule has 0 aliphatic carbocycles. The fraction of sp³-hybridized carbons (Fsp3) is 0.286. The Hall–Kier alpha value is 0.0700. The highest BCUT2D eigenvalue weighted by Gasteiger charge is 2.07. The van der Waals surface area contributed by atoms with Crippen molar-refractivity contribution >= 4 is 31.9 Å². The van der Waals surface area contributed by atoms with Gasteiger partial charge in [-0.25, -0.2) is 4.98 Å². The van der Waals surface area contributed by atoms with Gasteiger partial charge in [-0.2, -0.15) is 0 Å². The number of nitrogens with zero attached hydrogens (tertiary/aromatic N) is 1. The molecule has 0 saturated carbocycles. The Bertz CT molecular complexity index is 261. The van der Waals surface area contributed by atoms with E-state index in [2.05, 4.69) is 36.8 Å². The van der Waals surface area contributed by atoms with E-state index < -0.39 is 0 Å². The van der Waals surface area contributed by atoms with E-state index in [1.165, 1.54) is 0 Å². The van der Waals surface area contributed by atoms with E-state index >= 15 is 0 Å². The lowest BCUT2D eigenvalue weighted by atomic mass is 10.1. The minimum atomic E-state index is 0.0312.